The van der Waals surface area contributed by atoms with Gasteiger partial charge < -0.3 is 10.6 Å². The molecule has 3 aliphatic rings. The van der Waals surface area contributed by atoms with Crippen molar-refractivity contribution in [2.24, 2.45) is 4.99 Å². The Balaban J connectivity index is 1.40. The molecule has 0 aromatic heterocycles. The van der Waals surface area contributed by atoms with Gasteiger partial charge in [-0.3, -0.25) is 19.6 Å². The minimum absolute atomic E-state index is 0.00765. The Bertz CT molecular complexity index is 1060. The maximum atomic E-state index is 13.6. The van der Waals surface area contributed by atoms with E-state index in [4.69, 9.17) is 5.73 Å². The number of rotatable bonds is 4. The van der Waals surface area contributed by atoms with Crippen LogP contribution in [0.5, 0.6) is 0 Å². The van der Waals surface area contributed by atoms with E-state index < -0.39 is 0 Å². The van der Waals surface area contributed by atoms with E-state index in [1.54, 1.807) is 17.0 Å². The third-order valence-electron chi connectivity index (χ3n) is 5.87. The fourth-order valence-corrected chi connectivity index (χ4v) is 4.52. The molecule has 7 heteroatoms. The first-order valence-corrected chi connectivity index (χ1v) is 10.3. The zero-order valence-corrected chi connectivity index (χ0v) is 16.7. The zero-order valence-electron chi connectivity index (χ0n) is 16.7. The molecule has 0 atom stereocenters. The number of guanidine groups is 1. The van der Waals surface area contributed by atoms with Gasteiger partial charge >= 0.3 is 0 Å². The Morgan fingerprint density at radius 3 is 2.63 bits per heavy atom. The van der Waals surface area contributed by atoms with E-state index in [-0.39, 0.29) is 11.7 Å². The van der Waals surface area contributed by atoms with Crippen LogP contribution in [0.2, 0.25) is 0 Å². The first kappa shape index (κ1) is 18.8. The number of aliphatic imine (C=N–C) groups is 1. The molecule has 0 radical (unpaired) electrons. The highest BCUT2D eigenvalue weighted by Gasteiger charge is 2.40. The molecule has 0 spiro atoms. The molecule has 154 valence electrons. The molecule has 2 aromatic carbocycles. The number of hydrogen-bond acceptors (Lipinski definition) is 5. The molecule has 3 aliphatic heterocycles. The fraction of sp³-hybridized carbons (Fsp3) is 0.304. The smallest absolute Gasteiger partial charge is 0.259 e. The van der Waals surface area contributed by atoms with Crippen LogP contribution in [-0.4, -0.2) is 52.7 Å². The van der Waals surface area contributed by atoms with E-state index in [1.165, 1.54) is 6.07 Å². The lowest BCUT2D eigenvalue weighted by Crippen LogP contribution is -2.53. The third kappa shape index (κ3) is 3.45. The molecule has 1 amide bonds. The molecule has 0 fully saturated rings. The molecule has 6 nitrogen and oxygen atoms in total. The molecule has 5 rings (SSSR count). The summed E-state index contributed by atoms with van der Waals surface area (Å²) in [5, 5.41) is 0. The standard InChI is InChI=1S/C23H24FN5O/c24-18-5-1-3-16(11-18)13-27-9-7-21-20(15-27)22(30)29(23-26-8-10-28(21)23)14-17-4-2-6-19(25)12-17/h1-6,11-12H,7-10,13-15,25H2. The molecule has 0 aliphatic carbocycles. The summed E-state index contributed by atoms with van der Waals surface area (Å²) in [6, 6.07) is 14.3. The van der Waals surface area contributed by atoms with E-state index in [9.17, 15) is 9.18 Å². The van der Waals surface area contributed by atoms with Crippen LogP contribution < -0.4 is 5.73 Å². The van der Waals surface area contributed by atoms with Gasteiger partial charge in [0.05, 0.1) is 18.7 Å². The number of carbonyl (C=O) groups excluding carboxylic acids is 1. The number of halogens is 1. The second-order valence-corrected chi connectivity index (χ2v) is 7.99. The second kappa shape index (κ2) is 7.57. The molecule has 30 heavy (non-hydrogen) atoms. The maximum Gasteiger partial charge on any atom is 0.259 e. The quantitative estimate of drug-likeness (QED) is 0.794. The summed E-state index contributed by atoms with van der Waals surface area (Å²) in [6.07, 6.45) is 0.793. The van der Waals surface area contributed by atoms with Gasteiger partial charge in [0.1, 0.15) is 5.82 Å². The Hall–Kier alpha value is -3.19. The van der Waals surface area contributed by atoms with Gasteiger partial charge in [0.2, 0.25) is 5.96 Å². The molecule has 0 saturated carbocycles. The Morgan fingerprint density at radius 1 is 1.03 bits per heavy atom. The first-order chi connectivity index (χ1) is 14.6. The average Bonchev–Trinajstić information content (AvgIpc) is 3.21. The number of fused-ring (bicyclic) bond motifs is 2. The van der Waals surface area contributed by atoms with Crippen molar-refractivity contribution < 1.29 is 9.18 Å². The van der Waals surface area contributed by atoms with Crippen LogP contribution in [0.3, 0.4) is 0 Å². The van der Waals surface area contributed by atoms with Crippen molar-refractivity contribution in [2.45, 2.75) is 19.5 Å². The van der Waals surface area contributed by atoms with E-state index in [0.29, 0.717) is 31.9 Å². The zero-order chi connectivity index (χ0) is 20.7. The Kier molecular flexibility index (Phi) is 4.75. The summed E-state index contributed by atoms with van der Waals surface area (Å²) in [7, 11) is 0. The molecule has 0 bridgehead atoms. The van der Waals surface area contributed by atoms with Gasteiger partial charge in [-0.2, -0.15) is 0 Å². The van der Waals surface area contributed by atoms with Gasteiger partial charge in [-0.25, -0.2) is 4.39 Å². The topological polar surface area (TPSA) is 65.2 Å². The predicted molar refractivity (Wildman–Crippen MR) is 114 cm³/mol. The molecule has 2 N–H and O–H groups in total. The van der Waals surface area contributed by atoms with Crippen LogP contribution in [0.4, 0.5) is 10.1 Å². The SMILES string of the molecule is Nc1cccc(CN2C(=O)C3=C(CCN(Cc4cccc(F)c4)C3)N3CCN=C23)c1. The van der Waals surface area contributed by atoms with Gasteiger partial charge in [-0.1, -0.05) is 24.3 Å². The molecule has 2 aromatic rings. The predicted octanol–water partition coefficient (Wildman–Crippen LogP) is 2.58. The highest BCUT2D eigenvalue weighted by molar-refractivity contribution is 6.09. The monoisotopic (exact) mass is 405 g/mol. The number of benzene rings is 2. The number of nitrogens with two attached hydrogens (primary N) is 1. The first-order valence-electron chi connectivity index (χ1n) is 10.3. The van der Waals surface area contributed by atoms with Gasteiger partial charge in [-0.15, -0.1) is 0 Å². The second-order valence-electron chi connectivity index (χ2n) is 7.99. The van der Waals surface area contributed by atoms with Crippen LogP contribution in [0.1, 0.15) is 17.5 Å². The van der Waals surface area contributed by atoms with Crippen LogP contribution in [0.25, 0.3) is 0 Å². The van der Waals surface area contributed by atoms with E-state index in [2.05, 4.69) is 14.8 Å². The van der Waals surface area contributed by atoms with Crippen LogP contribution in [0, 0.1) is 5.82 Å². The van der Waals surface area contributed by atoms with Gasteiger partial charge in [0.15, 0.2) is 0 Å². The van der Waals surface area contributed by atoms with Gasteiger partial charge in [0.25, 0.3) is 5.91 Å². The van der Waals surface area contributed by atoms with E-state index in [0.717, 1.165) is 47.9 Å². The van der Waals surface area contributed by atoms with Crippen molar-refractivity contribution in [2.75, 3.05) is 31.9 Å². The lowest BCUT2D eigenvalue weighted by atomic mass is 10.00. The molecule has 3 heterocycles. The number of nitrogen functional groups attached to an aromatic ring is 1. The fourth-order valence-electron chi connectivity index (χ4n) is 4.52. The van der Waals surface area contributed by atoms with Gasteiger partial charge in [0, 0.05) is 44.0 Å². The van der Waals surface area contributed by atoms with E-state index in [1.807, 2.05) is 30.3 Å². The minimum Gasteiger partial charge on any atom is -0.399 e. The largest absolute Gasteiger partial charge is 0.399 e. The van der Waals surface area contributed by atoms with Crippen molar-refractivity contribution in [1.29, 1.82) is 0 Å². The number of hydrogen-bond donors (Lipinski definition) is 1. The molecule has 0 unspecified atom stereocenters. The van der Waals surface area contributed by atoms with Crippen molar-refractivity contribution in [3.8, 4) is 0 Å². The number of anilines is 1. The van der Waals surface area contributed by atoms with Crippen molar-refractivity contribution in [1.82, 2.24) is 14.7 Å². The Morgan fingerprint density at radius 2 is 1.83 bits per heavy atom. The summed E-state index contributed by atoms with van der Waals surface area (Å²) in [5.41, 5.74) is 10.4. The highest BCUT2D eigenvalue weighted by atomic mass is 19.1. The summed E-state index contributed by atoms with van der Waals surface area (Å²) in [4.78, 5) is 24.3. The van der Waals surface area contributed by atoms with Crippen LogP contribution in [-0.2, 0) is 17.9 Å². The van der Waals surface area contributed by atoms with E-state index >= 15 is 0 Å². The van der Waals surface area contributed by atoms with Gasteiger partial charge in [-0.05, 0) is 35.4 Å². The van der Waals surface area contributed by atoms with Crippen molar-refractivity contribution in [3.63, 3.8) is 0 Å². The van der Waals surface area contributed by atoms with Crippen molar-refractivity contribution >= 4 is 17.6 Å². The molecular formula is C23H24FN5O. The number of amides is 1. The molecular weight excluding hydrogens is 381 g/mol. The lowest BCUT2D eigenvalue weighted by Gasteiger charge is -2.42. The summed E-state index contributed by atoms with van der Waals surface area (Å²) >= 11 is 0. The number of nitrogens with zero attached hydrogens (tertiary/aromatic N) is 4. The summed E-state index contributed by atoms with van der Waals surface area (Å²) in [6.45, 7) is 3.96. The summed E-state index contributed by atoms with van der Waals surface area (Å²) < 4.78 is 13.6. The summed E-state index contributed by atoms with van der Waals surface area (Å²) in [5.74, 6) is 0.525. The normalized spacial score (nSPS) is 19.1. The Labute approximate surface area is 175 Å². The number of carbonyl (C=O) groups is 1. The lowest BCUT2D eigenvalue weighted by molar-refractivity contribution is -0.125. The van der Waals surface area contributed by atoms with Crippen LogP contribution >= 0.6 is 0 Å². The minimum atomic E-state index is -0.232. The average molecular weight is 405 g/mol. The highest BCUT2D eigenvalue weighted by Crippen LogP contribution is 2.32. The van der Waals surface area contributed by atoms with Crippen LogP contribution in [0.15, 0.2) is 64.8 Å². The maximum absolute atomic E-state index is 13.6. The molecule has 0 saturated heterocycles. The van der Waals surface area contributed by atoms with Crippen molar-refractivity contribution in [3.05, 3.63) is 76.7 Å². The third-order valence-corrected chi connectivity index (χ3v) is 5.87.